The number of halogens is 1. The van der Waals surface area contributed by atoms with Gasteiger partial charge in [0.05, 0.1) is 24.1 Å². The van der Waals surface area contributed by atoms with Gasteiger partial charge in [-0.25, -0.2) is 4.98 Å². The Morgan fingerprint density at radius 1 is 1.12 bits per heavy atom. The highest BCUT2D eigenvalue weighted by atomic mass is 35.5. The lowest BCUT2D eigenvalue weighted by Crippen LogP contribution is -2.41. The van der Waals surface area contributed by atoms with Gasteiger partial charge in [-0.1, -0.05) is 23.7 Å². The lowest BCUT2D eigenvalue weighted by atomic mass is 10.0. The number of benzene rings is 2. The molecule has 0 unspecified atom stereocenters. The van der Waals surface area contributed by atoms with Crippen molar-refractivity contribution in [2.45, 2.75) is 32.9 Å². The Morgan fingerprint density at radius 3 is 2.56 bits per heavy atom. The summed E-state index contributed by atoms with van der Waals surface area (Å²) in [5.41, 5.74) is 3.15. The van der Waals surface area contributed by atoms with Crippen molar-refractivity contribution in [1.29, 1.82) is 0 Å². The topological polar surface area (TPSA) is 92.3 Å². The SMILES string of the molecule is Cc1cnc(NC(=O)c2ccc(CN3C(=O)c4ccc(Cl)cc4CC(=O)[C@H]3C)cc2)cn1. The van der Waals surface area contributed by atoms with Crippen LogP contribution >= 0.6 is 11.6 Å². The average Bonchev–Trinajstić information content (AvgIpc) is 2.86. The van der Waals surface area contributed by atoms with Crippen LogP contribution in [0.3, 0.4) is 0 Å². The number of hydrogen-bond donors (Lipinski definition) is 1. The maximum Gasteiger partial charge on any atom is 0.256 e. The summed E-state index contributed by atoms with van der Waals surface area (Å²) in [5, 5.41) is 3.19. The normalized spacial score (nSPS) is 15.8. The summed E-state index contributed by atoms with van der Waals surface area (Å²) >= 11 is 6.05. The first-order chi connectivity index (χ1) is 15.3. The zero-order valence-corrected chi connectivity index (χ0v) is 18.4. The van der Waals surface area contributed by atoms with Gasteiger partial charge in [0.2, 0.25) is 0 Å². The maximum atomic E-state index is 13.2. The number of amides is 2. The first kappa shape index (κ1) is 21.6. The third kappa shape index (κ3) is 4.53. The van der Waals surface area contributed by atoms with Crippen LogP contribution in [0.5, 0.6) is 0 Å². The van der Waals surface area contributed by atoms with Crippen LogP contribution < -0.4 is 5.32 Å². The molecule has 1 aromatic heterocycles. The molecule has 0 saturated heterocycles. The second kappa shape index (κ2) is 8.88. The number of anilines is 1. The fourth-order valence-corrected chi connectivity index (χ4v) is 3.76. The number of ketones is 1. The minimum absolute atomic E-state index is 0.0467. The fraction of sp³-hybridized carbons (Fsp3) is 0.208. The lowest BCUT2D eigenvalue weighted by molar-refractivity contribution is -0.122. The monoisotopic (exact) mass is 448 g/mol. The highest BCUT2D eigenvalue weighted by molar-refractivity contribution is 6.30. The minimum Gasteiger partial charge on any atom is -0.325 e. The summed E-state index contributed by atoms with van der Waals surface area (Å²) in [4.78, 5) is 48.1. The Labute approximate surface area is 190 Å². The van der Waals surface area contributed by atoms with Crippen molar-refractivity contribution >= 4 is 35.0 Å². The Kier molecular flexibility index (Phi) is 6.01. The number of nitrogens with zero attached hydrogens (tertiary/aromatic N) is 3. The quantitative estimate of drug-likeness (QED) is 0.654. The van der Waals surface area contributed by atoms with Crippen LogP contribution in [0.4, 0.5) is 5.82 Å². The van der Waals surface area contributed by atoms with Gasteiger partial charge in [0.1, 0.15) is 0 Å². The van der Waals surface area contributed by atoms with E-state index in [9.17, 15) is 14.4 Å². The van der Waals surface area contributed by atoms with E-state index < -0.39 is 6.04 Å². The predicted molar refractivity (Wildman–Crippen MR) is 121 cm³/mol. The van der Waals surface area contributed by atoms with Gasteiger partial charge >= 0.3 is 0 Å². The van der Waals surface area contributed by atoms with Gasteiger partial charge in [-0.2, -0.15) is 0 Å². The van der Waals surface area contributed by atoms with E-state index in [2.05, 4.69) is 15.3 Å². The molecule has 7 nitrogen and oxygen atoms in total. The molecular formula is C24H21ClN4O3. The number of nitrogens with one attached hydrogen (secondary N) is 1. The summed E-state index contributed by atoms with van der Waals surface area (Å²) in [5.74, 6) is -0.204. The second-order valence-electron chi connectivity index (χ2n) is 7.75. The number of carbonyl (C=O) groups is 3. The molecule has 0 radical (unpaired) electrons. The van der Waals surface area contributed by atoms with Crippen molar-refractivity contribution in [2.24, 2.45) is 0 Å². The molecule has 1 atom stereocenters. The van der Waals surface area contributed by atoms with Gasteiger partial charge in [0, 0.05) is 29.1 Å². The molecule has 8 heteroatoms. The summed E-state index contributed by atoms with van der Waals surface area (Å²) < 4.78 is 0. The molecule has 0 bridgehead atoms. The summed E-state index contributed by atoms with van der Waals surface area (Å²) in [6, 6.07) is 11.3. The zero-order valence-electron chi connectivity index (χ0n) is 17.6. The van der Waals surface area contributed by atoms with Crippen LogP contribution in [0.15, 0.2) is 54.9 Å². The molecule has 2 amide bonds. The van der Waals surface area contributed by atoms with E-state index in [1.165, 1.54) is 6.20 Å². The van der Waals surface area contributed by atoms with Crippen LogP contribution in [0.1, 0.15) is 44.5 Å². The number of carbonyl (C=O) groups excluding carboxylic acids is 3. The smallest absolute Gasteiger partial charge is 0.256 e. The molecule has 162 valence electrons. The maximum absolute atomic E-state index is 13.2. The van der Waals surface area contributed by atoms with E-state index in [0.29, 0.717) is 27.5 Å². The van der Waals surface area contributed by atoms with Crippen molar-refractivity contribution in [3.63, 3.8) is 0 Å². The number of aryl methyl sites for hydroxylation is 1. The number of Topliss-reactive ketones (excluding diaryl/α,β-unsaturated/α-hetero) is 1. The Morgan fingerprint density at radius 2 is 1.88 bits per heavy atom. The molecule has 0 saturated carbocycles. The standard InChI is InChI=1S/C24H21ClN4O3/c1-14-11-27-22(12-26-14)28-23(31)17-5-3-16(4-6-17)13-29-15(2)21(30)10-18-9-19(25)7-8-20(18)24(29)32/h3-9,11-12,15H,10,13H2,1-2H3,(H,27,28,31)/t15-/m1/s1. The molecular weight excluding hydrogens is 428 g/mol. The van der Waals surface area contributed by atoms with Gasteiger partial charge in [0.15, 0.2) is 11.6 Å². The average molecular weight is 449 g/mol. The predicted octanol–water partition coefficient (Wildman–Crippen LogP) is 3.85. The third-order valence-corrected chi connectivity index (χ3v) is 5.68. The molecule has 1 aliphatic heterocycles. The largest absolute Gasteiger partial charge is 0.325 e. The van der Waals surface area contributed by atoms with E-state index in [-0.39, 0.29) is 30.6 Å². The van der Waals surface area contributed by atoms with E-state index in [1.807, 2.05) is 6.92 Å². The highest BCUT2D eigenvalue weighted by Crippen LogP contribution is 2.25. The van der Waals surface area contributed by atoms with Crippen LogP contribution in [-0.4, -0.2) is 38.5 Å². The van der Waals surface area contributed by atoms with Crippen molar-refractivity contribution in [2.75, 3.05) is 5.32 Å². The van der Waals surface area contributed by atoms with Crippen molar-refractivity contribution < 1.29 is 14.4 Å². The van der Waals surface area contributed by atoms with Crippen LogP contribution in [0.25, 0.3) is 0 Å². The third-order valence-electron chi connectivity index (χ3n) is 5.45. The molecule has 3 aromatic rings. The molecule has 1 aliphatic rings. The Balaban J connectivity index is 1.51. The molecule has 4 rings (SSSR count). The van der Waals surface area contributed by atoms with Crippen LogP contribution in [0.2, 0.25) is 5.02 Å². The van der Waals surface area contributed by atoms with Crippen molar-refractivity contribution in [3.8, 4) is 0 Å². The molecule has 1 N–H and O–H groups in total. The summed E-state index contributed by atoms with van der Waals surface area (Å²) in [7, 11) is 0. The first-order valence-electron chi connectivity index (χ1n) is 10.1. The van der Waals surface area contributed by atoms with Gasteiger partial charge in [-0.05, 0) is 55.3 Å². The number of hydrogen-bond acceptors (Lipinski definition) is 5. The molecule has 0 fully saturated rings. The lowest BCUT2D eigenvalue weighted by Gasteiger charge is -2.26. The second-order valence-corrected chi connectivity index (χ2v) is 8.18. The molecule has 2 heterocycles. The van der Waals surface area contributed by atoms with Crippen LogP contribution in [0, 0.1) is 6.92 Å². The number of aromatic nitrogens is 2. The minimum atomic E-state index is -0.572. The Hall–Kier alpha value is -3.58. The van der Waals surface area contributed by atoms with Gasteiger partial charge in [-0.3, -0.25) is 19.4 Å². The van der Waals surface area contributed by atoms with Crippen molar-refractivity contribution in [1.82, 2.24) is 14.9 Å². The van der Waals surface area contributed by atoms with E-state index >= 15 is 0 Å². The molecule has 0 aliphatic carbocycles. The van der Waals surface area contributed by atoms with Crippen molar-refractivity contribution in [3.05, 3.63) is 87.8 Å². The summed E-state index contributed by atoms with van der Waals surface area (Å²) in [6.45, 7) is 3.80. The van der Waals surface area contributed by atoms with Gasteiger partial charge in [0.25, 0.3) is 11.8 Å². The fourth-order valence-electron chi connectivity index (χ4n) is 3.57. The van der Waals surface area contributed by atoms with Gasteiger partial charge < -0.3 is 10.2 Å². The molecule has 2 aromatic carbocycles. The summed E-state index contributed by atoms with van der Waals surface area (Å²) in [6.07, 6.45) is 3.24. The first-order valence-corrected chi connectivity index (χ1v) is 10.5. The number of fused-ring (bicyclic) bond motifs is 1. The Bertz CT molecular complexity index is 1190. The molecule has 0 spiro atoms. The van der Waals surface area contributed by atoms with Gasteiger partial charge in [-0.15, -0.1) is 0 Å². The van der Waals surface area contributed by atoms with E-state index in [4.69, 9.17) is 11.6 Å². The molecule has 32 heavy (non-hydrogen) atoms. The highest BCUT2D eigenvalue weighted by Gasteiger charge is 2.32. The zero-order chi connectivity index (χ0) is 22.8. The van der Waals surface area contributed by atoms with E-state index in [0.717, 1.165) is 11.3 Å². The van der Waals surface area contributed by atoms with E-state index in [1.54, 1.807) is 60.5 Å². The van der Waals surface area contributed by atoms with Crippen LogP contribution in [-0.2, 0) is 17.8 Å². The number of rotatable bonds is 4.